The monoisotopic (exact) mass is 265 g/mol. The Morgan fingerprint density at radius 3 is 2.44 bits per heavy atom. The molecule has 1 aromatic carbocycles. The number of aromatic nitrogens is 1. The van der Waals surface area contributed by atoms with Crippen molar-refractivity contribution in [2.75, 3.05) is 14.2 Å². The third-order valence-corrected chi connectivity index (χ3v) is 3.53. The maximum Gasteiger partial charge on any atom is 0.161 e. The predicted octanol–water partition coefficient (Wildman–Crippen LogP) is 2.63. The van der Waals surface area contributed by atoms with Crippen molar-refractivity contribution >= 4 is 11.3 Å². The third kappa shape index (κ3) is 2.32. The van der Waals surface area contributed by atoms with Crippen molar-refractivity contribution in [1.82, 2.24) is 4.98 Å². The van der Waals surface area contributed by atoms with Crippen LogP contribution < -0.4 is 9.47 Å². The maximum absolute atomic E-state index is 9.05. The number of thiazole rings is 1. The summed E-state index contributed by atoms with van der Waals surface area (Å²) in [6.45, 7) is 1.96. The van der Waals surface area contributed by atoms with E-state index in [1.165, 1.54) is 11.3 Å². The van der Waals surface area contributed by atoms with Crippen LogP contribution in [0, 0.1) is 6.92 Å². The normalized spacial score (nSPS) is 10.4. The van der Waals surface area contributed by atoms with Gasteiger partial charge in [-0.05, 0) is 24.6 Å². The van der Waals surface area contributed by atoms with Crippen LogP contribution in [0.1, 0.15) is 10.6 Å². The Hall–Kier alpha value is -1.59. The number of ether oxygens (including phenoxy) is 2. The Morgan fingerprint density at radius 1 is 1.22 bits per heavy atom. The fourth-order valence-electron chi connectivity index (χ4n) is 1.76. The highest BCUT2D eigenvalue weighted by molar-refractivity contribution is 7.09. The third-order valence-electron chi connectivity index (χ3n) is 2.69. The molecule has 1 aromatic heterocycles. The van der Waals surface area contributed by atoms with Crippen molar-refractivity contribution < 1.29 is 14.6 Å². The van der Waals surface area contributed by atoms with Gasteiger partial charge in [-0.25, -0.2) is 4.98 Å². The fraction of sp³-hybridized carbons (Fsp3) is 0.308. The van der Waals surface area contributed by atoms with Gasteiger partial charge in [0, 0.05) is 10.9 Å². The number of methoxy groups -OCH3 is 2. The molecule has 1 N–H and O–H groups in total. The van der Waals surface area contributed by atoms with Gasteiger partial charge in [-0.2, -0.15) is 0 Å². The summed E-state index contributed by atoms with van der Waals surface area (Å²) in [5.74, 6) is 1.38. The molecule has 0 spiro atoms. The zero-order valence-electron chi connectivity index (χ0n) is 10.6. The lowest BCUT2D eigenvalue weighted by atomic mass is 10.1. The van der Waals surface area contributed by atoms with Gasteiger partial charge in [0.1, 0.15) is 5.01 Å². The second kappa shape index (κ2) is 5.37. The van der Waals surface area contributed by atoms with Gasteiger partial charge >= 0.3 is 0 Å². The summed E-state index contributed by atoms with van der Waals surface area (Å²) in [6.07, 6.45) is 0. The largest absolute Gasteiger partial charge is 0.493 e. The first-order valence-corrected chi connectivity index (χ1v) is 6.35. The molecule has 0 aliphatic rings. The molecule has 5 heteroatoms. The van der Waals surface area contributed by atoms with Crippen molar-refractivity contribution in [3.63, 3.8) is 0 Å². The van der Waals surface area contributed by atoms with Crippen molar-refractivity contribution in [3.05, 3.63) is 28.1 Å². The van der Waals surface area contributed by atoms with E-state index in [0.29, 0.717) is 16.5 Å². The molecule has 0 bridgehead atoms. The smallest absolute Gasteiger partial charge is 0.161 e. The molecule has 0 amide bonds. The summed E-state index contributed by atoms with van der Waals surface area (Å²) < 4.78 is 10.5. The van der Waals surface area contributed by atoms with E-state index in [0.717, 1.165) is 16.8 Å². The molecule has 0 unspecified atom stereocenters. The zero-order chi connectivity index (χ0) is 13.1. The number of hydrogen-bond donors (Lipinski definition) is 1. The lowest BCUT2D eigenvalue weighted by molar-refractivity contribution is 0.281. The highest BCUT2D eigenvalue weighted by Gasteiger charge is 2.12. The molecular formula is C13H15NO3S. The molecule has 0 aliphatic carbocycles. The molecule has 0 atom stereocenters. The van der Waals surface area contributed by atoms with Crippen molar-refractivity contribution in [2.45, 2.75) is 13.5 Å². The molecule has 0 saturated carbocycles. The van der Waals surface area contributed by atoms with E-state index in [2.05, 4.69) is 4.98 Å². The minimum absolute atomic E-state index is 0.0308. The fourth-order valence-corrected chi connectivity index (χ4v) is 2.42. The van der Waals surface area contributed by atoms with Crippen molar-refractivity contribution in [1.29, 1.82) is 0 Å². The van der Waals surface area contributed by atoms with Gasteiger partial charge in [0.2, 0.25) is 0 Å². The van der Waals surface area contributed by atoms with Gasteiger partial charge < -0.3 is 14.6 Å². The van der Waals surface area contributed by atoms with Gasteiger partial charge in [0.05, 0.1) is 26.5 Å². The van der Waals surface area contributed by atoms with E-state index in [1.54, 1.807) is 14.2 Å². The maximum atomic E-state index is 9.05. The summed E-state index contributed by atoms with van der Waals surface area (Å²) in [7, 11) is 3.22. The molecule has 1 heterocycles. The van der Waals surface area contributed by atoms with Gasteiger partial charge in [-0.3, -0.25) is 0 Å². The Kier molecular flexibility index (Phi) is 3.84. The van der Waals surface area contributed by atoms with Gasteiger partial charge in [0.15, 0.2) is 11.5 Å². The number of nitrogens with zero attached hydrogens (tertiary/aromatic N) is 1. The van der Waals surface area contributed by atoms with E-state index in [4.69, 9.17) is 14.6 Å². The van der Waals surface area contributed by atoms with Crippen molar-refractivity contribution in [2.24, 2.45) is 0 Å². The zero-order valence-corrected chi connectivity index (χ0v) is 11.4. The summed E-state index contributed by atoms with van der Waals surface area (Å²) in [6, 6.07) is 3.83. The van der Waals surface area contributed by atoms with Crippen LogP contribution in [0.25, 0.3) is 11.3 Å². The van der Waals surface area contributed by atoms with Crippen molar-refractivity contribution in [3.8, 4) is 22.8 Å². The molecule has 0 aliphatic heterocycles. The standard InChI is InChI=1S/C13H15NO3S/c1-8-4-11(16-2)12(17-3)5-9(8)10-7-18-13(6-15)14-10/h4-5,7,15H,6H2,1-3H3. The molecule has 0 saturated heterocycles. The molecule has 4 nitrogen and oxygen atoms in total. The van der Waals surface area contributed by atoms with Crippen LogP contribution in [0.15, 0.2) is 17.5 Å². The van der Waals surface area contributed by atoms with Crippen LogP contribution in [0.2, 0.25) is 0 Å². The first-order chi connectivity index (χ1) is 8.69. The SMILES string of the molecule is COc1cc(C)c(-c2csc(CO)n2)cc1OC. The number of rotatable bonds is 4. The highest BCUT2D eigenvalue weighted by Crippen LogP contribution is 2.35. The van der Waals surface area contributed by atoms with Crippen LogP contribution >= 0.6 is 11.3 Å². The second-order valence-corrected chi connectivity index (χ2v) is 4.75. The van der Waals surface area contributed by atoms with E-state index in [1.807, 2.05) is 24.4 Å². The first kappa shape index (κ1) is 12.9. The van der Waals surface area contributed by atoms with E-state index < -0.39 is 0 Å². The Morgan fingerprint density at radius 2 is 1.89 bits per heavy atom. The molecule has 2 rings (SSSR count). The Balaban J connectivity index is 2.50. The summed E-state index contributed by atoms with van der Waals surface area (Å²) in [5.41, 5.74) is 2.90. The average Bonchev–Trinajstić information content (AvgIpc) is 2.86. The average molecular weight is 265 g/mol. The number of aryl methyl sites for hydroxylation is 1. The molecular weight excluding hydrogens is 250 g/mol. The second-order valence-electron chi connectivity index (χ2n) is 3.81. The summed E-state index contributed by atoms with van der Waals surface area (Å²) in [4.78, 5) is 4.36. The van der Waals surface area contributed by atoms with Crippen LogP contribution in [-0.4, -0.2) is 24.3 Å². The van der Waals surface area contributed by atoms with Crippen LogP contribution in [0.3, 0.4) is 0 Å². The van der Waals surface area contributed by atoms with Gasteiger partial charge in [-0.15, -0.1) is 11.3 Å². The van der Waals surface area contributed by atoms with E-state index in [-0.39, 0.29) is 6.61 Å². The topological polar surface area (TPSA) is 51.6 Å². The van der Waals surface area contributed by atoms with E-state index >= 15 is 0 Å². The van der Waals surface area contributed by atoms with Crippen LogP contribution in [-0.2, 0) is 6.61 Å². The summed E-state index contributed by atoms with van der Waals surface area (Å²) in [5, 5.41) is 11.7. The van der Waals surface area contributed by atoms with Crippen LogP contribution in [0.5, 0.6) is 11.5 Å². The Labute approximate surface area is 110 Å². The minimum Gasteiger partial charge on any atom is -0.493 e. The first-order valence-electron chi connectivity index (χ1n) is 5.47. The van der Waals surface area contributed by atoms with Crippen LogP contribution in [0.4, 0.5) is 0 Å². The number of aliphatic hydroxyl groups is 1. The predicted molar refractivity (Wildman–Crippen MR) is 71.3 cm³/mol. The van der Waals surface area contributed by atoms with E-state index in [9.17, 15) is 0 Å². The molecule has 0 radical (unpaired) electrons. The quantitative estimate of drug-likeness (QED) is 0.923. The molecule has 18 heavy (non-hydrogen) atoms. The highest BCUT2D eigenvalue weighted by atomic mass is 32.1. The van der Waals surface area contributed by atoms with Gasteiger partial charge in [0.25, 0.3) is 0 Å². The number of hydrogen-bond acceptors (Lipinski definition) is 5. The lowest BCUT2D eigenvalue weighted by Gasteiger charge is -2.11. The molecule has 2 aromatic rings. The summed E-state index contributed by atoms with van der Waals surface area (Å²) >= 11 is 1.44. The number of aliphatic hydroxyl groups excluding tert-OH is 1. The number of benzene rings is 1. The molecule has 0 fully saturated rings. The lowest BCUT2D eigenvalue weighted by Crippen LogP contribution is -1.93. The van der Waals surface area contributed by atoms with Gasteiger partial charge in [-0.1, -0.05) is 0 Å². The minimum atomic E-state index is -0.0308. The molecule has 96 valence electrons. The Bertz CT molecular complexity index is 551.